The van der Waals surface area contributed by atoms with Crippen LogP contribution in [0.15, 0.2) is 16.5 Å². The molecule has 0 bridgehead atoms. The van der Waals surface area contributed by atoms with E-state index in [1.165, 1.54) is 28.2 Å². The molecule has 2 N–H and O–H groups in total. The number of amides is 2. The molecule has 2 heterocycles. The zero-order valence-corrected chi connectivity index (χ0v) is 12.7. The molecule has 2 amide bonds. The van der Waals surface area contributed by atoms with Crippen LogP contribution in [0.2, 0.25) is 0 Å². The van der Waals surface area contributed by atoms with Gasteiger partial charge in [-0.1, -0.05) is 0 Å². The van der Waals surface area contributed by atoms with E-state index in [-0.39, 0.29) is 11.8 Å². The van der Waals surface area contributed by atoms with Crippen molar-refractivity contribution >= 4 is 23.2 Å². The lowest BCUT2D eigenvalue weighted by molar-refractivity contribution is 0.0848. The minimum absolute atomic E-state index is 0.277. The maximum absolute atomic E-state index is 12.0. The van der Waals surface area contributed by atoms with Gasteiger partial charge in [-0.25, -0.2) is 0 Å². The SMILES string of the molecule is Cc1cc(C(=O)NNC(=O)c2cc3c(s2)CCC3)c(C)o1. The number of hydrazine groups is 1. The normalized spacial score (nSPS) is 13.0. The molecule has 1 aliphatic carbocycles. The summed E-state index contributed by atoms with van der Waals surface area (Å²) in [6.45, 7) is 3.49. The topological polar surface area (TPSA) is 71.3 Å². The van der Waals surface area contributed by atoms with E-state index in [4.69, 9.17) is 4.42 Å². The molecule has 2 aromatic rings. The number of nitrogens with one attached hydrogen (secondary N) is 2. The van der Waals surface area contributed by atoms with Crippen LogP contribution in [0.1, 0.15) is 48.4 Å². The van der Waals surface area contributed by atoms with Crippen molar-refractivity contribution in [3.63, 3.8) is 0 Å². The van der Waals surface area contributed by atoms with Gasteiger partial charge in [0, 0.05) is 4.88 Å². The van der Waals surface area contributed by atoms with E-state index in [0.29, 0.717) is 22.0 Å². The van der Waals surface area contributed by atoms with Crippen molar-refractivity contribution in [1.82, 2.24) is 10.9 Å². The van der Waals surface area contributed by atoms with E-state index >= 15 is 0 Å². The first-order chi connectivity index (χ1) is 10.0. The number of fused-ring (bicyclic) bond motifs is 1. The second kappa shape index (κ2) is 5.37. The molecule has 0 radical (unpaired) electrons. The summed E-state index contributed by atoms with van der Waals surface area (Å²) >= 11 is 1.50. The lowest BCUT2D eigenvalue weighted by atomic mass is 10.2. The van der Waals surface area contributed by atoms with Crippen molar-refractivity contribution < 1.29 is 14.0 Å². The van der Waals surface area contributed by atoms with Gasteiger partial charge in [-0.3, -0.25) is 20.4 Å². The van der Waals surface area contributed by atoms with E-state index < -0.39 is 0 Å². The first kappa shape index (κ1) is 13.9. The molecule has 21 heavy (non-hydrogen) atoms. The quantitative estimate of drug-likeness (QED) is 0.838. The number of carbonyl (C=O) groups is 2. The van der Waals surface area contributed by atoms with Crippen LogP contribution in [0, 0.1) is 13.8 Å². The van der Waals surface area contributed by atoms with E-state index in [1.807, 2.05) is 6.07 Å². The summed E-state index contributed by atoms with van der Waals surface area (Å²) in [5.41, 5.74) is 6.57. The molecule has 0 atom stereocenters. The van der Waals surface area contributed by atoms with Crippen LogP contribution in [0.3, 0.4) is 0 Å². The van der Waals surface area contributed by atoms with Gasteiger partial charge in [-0.15, -0.1) is 11.3 Å². The van der Waals surface area contributed by atoms with Crippen LogP contribution in [0.4, 0.5) is 0 Å². The Bertz CT molecular complexity index is 693. The third-order valence-electron chi connectivity index (χ3n) is 3.55. The van der Waals surface area contributed by atoms with Crippen LogP contribution < -0.4 is 10.9 Å². The molecule has 3 rings (SSSR count). The van der Waals surface area contributed by atoms with E-state index in [0.717, 1.165) is 12.8 Å². The Balaban J connectivity index is 1.63. The van der Waals surface area contributed by atoms with Crippen LogP contribution in [0.25, 0.3) is 0 Å². The number of hydrogen-bond donors (Lipinski definition) is 2. The molecular formula is C15H16N2O3S. The number of aryl methyl sites for hydroxylation is 4. The minimum atomic E-state index is -0.373. The monoisotopic (exact) mass is 304 g/mol. The van der Waals surface area contributed by atoms with Gasteiger partial charge < -0.3 is 4.42 Å². The second-order valence-electron chi connectivity index (χ2n) is 5.15. The Morgan fingerprint density at radius 3 is 2.57 bits per heavy atom. The second-order valence-corrected chi connectivity index (χ2v) is 6.28. The fraction of sp³-hybridized carbons (Fsp3) is 0.333. The number of furan rings is 1. The minimum Gasteiger partial charge on any atom is -0.466 e. The Morgan fingerprint density at radius 1 is 1.14 bits per heavy atom. The van der Waals surface area contributed by atoms with Crippen molar-refractivity contribution in [2.24, 2.45) is 0 Å². The number of rotatable bonds is 2. The molecule has 6 heteroatoms. The third-order valence-corrected chi connectivity index (χ3v) is 4.78. The highest BCUT2D eigenvalue weighted by atomic mass is 32.1. The van der Waals surface area contributed by atoms with E-state index in [1.54, 1.807) is 19.9 Å². The summed E-state index contributed by atoms with van der Waals surface area (Å²) in [4.78, 5) is 25.9. The van der Waals surface area contributed by atoms with Gasteiger partial charge in [0.1, 0.15) is 11.5 Å². The summed E-state index contributed by atoms with van der Waals surface area (Å²) in [5.74, 6) is 0.551. The molecule has 110 valence electrons. The summed E-state index contributed by atoms with van der Waals surface area (Å²) in [6.07, 6.45) is 3.25. The predicted molar refractivity (Wildman–Crippen MR) is 79.5 cm³/mol. The summed E-state index contributed by atoms with van der Waals surface area (Å²) < 4.78 is 5.30. The van der Waals surface area contributed by atoms with Crippen LogP contribution in [-0.2, 0) is 12.8 Å². The number of thiophene rings is 1. The van der Waals surface area contributed by atoms with Gasteiger partial charge in [-0.2, -0.15) is 0 Å². The van der Waals surface area contributed by atoms with Crippen LogP contribution in [-0.4, -0.2) is 11.8 Å². The third kappa shape index (κ3) is 2.71. The lowest BCUT2D eigenvalue weighted by Gasteiger charge is -2.05. The molecule has 1 aliphatic rings. The molecule has 0 aliphatic heterocycles. The summed E-state index contributed by atoms with van der Waals surface area (Å²) in [7, 11) is 0. The first-order valence-electron chi connectivity index (χ1n) is 6.84. The lowest BCUT2D eigenvalue weighted by Crippen LogP contribution is -2.41. The predicted octanol–water partition coefficient (Wildman–Crippen LogP) is 2.52. The highest BCUT2D eigenvalue weighted by Crippen LogP contribution is 2.30. The highest BCUT2D eigenvalue weighted by molar-refractivity contribution is 7.14. The molecule has 5 nitrogen and oxygen atoms in total. The van der Waals surface area contributed by atoms with Crippen molar-refractivity contribution in [1.29, 1.82) is 0 Å². The van der Waals surface area contributed by atoms with Crippen LogP contribution in [0.5, 0.6) is 0 Å². The molecule has 0 saturated carbocycles. The maximum Gasteiger partial charge on any atom is 0.279 e. The molecule has 2 aromatic heterocycles. The fourth-order valence-electron chi connectivity index (χ4n) is 2.54. The van der Waals surface area contributed by atoms with E-state index in [9.17, 15) is 9.59 Å². The van der Waals surface area contributed by atoms with Gasteiger partial charge in [0.05, 0.1) is 10.4 Å². The summed E-state index contributed by atoms with van der Waals surface area (Å²) in [5, 5.41) is 0. The smallest absolute Gasteiger partial charge is 0.279 e. The fourth-order valence-corrected chi connectivity index (χ4v) is 3.69. The average molecular weight is 304 g/mol. The summed E-state index contributed by atoms with van der Waals surface area (Å²) in [6, 6.07) is 3.57. The molecular weight excluding hydrogens is 288 g/mol. The standard InChI is InChI=1S/C15H16N2O3S/c1-8-6-11(9(2)20-8)14(18)16-17-15(19)13-7-10-4-3-5-12(10)21-13/h6-7H,3-5H2,1-2H3,(H,16,18)(H,17,19). The Labute approximate surface area is 126 Å². The molecule has 0 aromatic carbocycles. The maximum atomic E-state index is 12.0. The number of carbonyl (C=O) groups excluding carboxylic acids is 2. The van der Waals surface area contributed by atoms with Gasteiger partial charge in [0.2, 0.25) is 0 Å². The van der Waals surface area contributed by atoms with Crippen LogP contribution >= 0.6 is 11.3 Å². The van der Waals surface area contributed by atoms with Crippen molar-refractivity contribution in [3.05, 3.63) is 44.5 Å². The van der Waals surface area contributed by atoms with Crippen molar-refractivity contribution in [2.75, 3.05) is 0 Å². The molecule has 0 unspecified atom stereocenters. The van der Waals surface area contributed by atoms with Gasteiger partial charge >= 0.3 is 0 Å². The average Bonchev–Trinajstić information content (AvgIpc) is 3.09. The Kier molecular flexibility index (Phi) is 3.55. The zero-order valence-electron chi connectivity index (χ0n) is 11.9. The van der Waals surface area contributed by atoms with Gasteiger partial charge in [0.25, 0.3) is 11.8 Å². The molecule has 0 spiro atoms. The van der Waals surface area contributed by atoms with Crippen molar-refractivity contribution in [3.8, 4) is 0 Å². The molecule has 0 fully saturated rings. The van der Waals surface area contributed by atoms with E-state index in [2.05, 4.69) is 10.9 Å². The number of hydrogen-bond acceptors (Lipinski definition) is 4. The Hall–Kier alpha value is -2.08. The Morgan fingerprint density at radius 2 is 1.90 bits per heavy atom. The largest absolute Gasteiger partial charge is 0.466 e. The zero-order chi connectivity index (χ0) is 15.0. The van der Waals surface area contributed by atoms with Gasteiger partial charge in [0.15, 0.2) is 0 Å². The first-order valence-corrected chi connectivity index (χ1v) is 7.65. The van der Waals surface area contributed by atoms with Gasteiger partial charge in [-0.05, 0) is 50.8 Å². The molecule has 0 saturated heterocycles. The van der Waals surface area contributed by atoms with Crippen molar-refractivity contribution in [2.45, 2.75) is 33.1 Å². The highest BCUT2D eigenvalue weighted by Gasteiger charge is 2.19.